The Morgan fingerprint density at radius 1 is 1.07 bits per heavy atom. The molecule has 7 heteroatoms. The molecule has 4 rings (SSSR count). The van der Waals surface area contributed by atoms with Crippen LogP contribution in [0.15, 0.2) is 42.6 Å². The van der Waals surface area contributed by atoms with E-state index in [1.165, 1.54) is 11.8 Å². The number of fused-ring (bicyclic) bond motifs is 2. The van der Waals surface area contributed by atoms with Gasteiger partial charge in [0.2, 0.25) is 5.95 Å². The molecule has 2 atom stereocenters. The molecule has 2 aromatic rings. The minimum atomic E-state index is -4.45. The van der Waals surface area contributed by atoms with E-state index in [1.807, 2.05) is 18.0 Å². The van der Waals surface area contributed by atoms with Gasteiger partial charge in [-0.05, 0) is 37.3 Å². The van der Waals surface area contributed by atoms with Crippen molar-refractivity contribution >= 4 is 5.95 Å². The summed E-state index contributed by atoms with van der Waals surface area (Å²) in [5, 5.41) is 0. The highest BCUT2D eigenvalue weighted by molar-refractivity contribution is 5.32. The molecule has 0 spiro atoms. The molecule has 0 aliphatic carbocycles. The molecule has 144 valence electrons. The van der Waals surface area contributed by atoms with E-state index in [-0.39, 0.29) is 12.0 Å². The highest BCUT2D eigenvalue weighted by Gasteiger charge is 2.42. The van der Waals surface area contributed by atoms with Crippen LogP contribution in [0.4, 0.5) is 19.1 Å². The van der Waals surface area contributed by atoms with Gasteiger partial charge >= 0.3 is 6.18 Å². The highest BCUT2D eigenvalue weighted by atomic mass is 19.4. The average molecular weight is 376 g/mol. The van der Waals surface area contributed by atoms with Crippen LogP contribution in [0.2, 0.25) is 0 Å². The van der Waals surface area contributed by atoms with Crippen molar-refractivity contribution < 1.29 is 13.2 Å². The highest BCUT2D eigenvalue weighted by Crippen LogP contribution is 2.39. The summed E-state index contributed by atoms with van der Waals surface area (Å²) in [6, 6.07) is 12.4. The number of anilines is 1. The predicted molar refractivity (Wildman–Crippen MR) is 97.3 cm³/mol. The van der Waals surface area contributed by atoms with Crippen molar-refractivity contribution in [1.29, 1.82) is 0 Å². The number of hydrogen-bond acceptors (Lipinski definition) is 4. The van der Waals surface area contributed by atoms with Gasteiger partial charge < -0.3 is 4.90 Å². The third-order valence-corrected chi connectivity index (χ3v) is 5.86. The minimum Gasteiger partial charge on any atom is -0.341 e. The summed E-state index contributed by atoms with van der Waals surface area (Å²) in [5.41, 5.74) is 0.422. The average Bonchev–Trinajstić information content (AvgIpc) is 2.89. The first-order valence-corrected chi connectivity index (χ1v) is 9.34. The number of rotatable bonds is 4. The van der Waals surface area contributed by atoms with Gasteiger partial charge in [0, 0.05) is 37.9 Å². The molecule has 1 aromatic carbocycles. The van der Waals surface area contributed by atoms with Gasteiger partial charge in [-0.3, -0.25) is 4.90 Å². The maximum absolute atomic E-state index is 13.0. The zero-order valence-electron chi connectivity index (χ0n) is 15.2. The van der Waals surface area contributed by atoms with E-state index in [1.54, 1.807) is 0 Å². The zero-order valence-corrected chi connectivity index (χ0v) is 15.2. The Kier molecular flexibility index (Phi) is 4.80. The summed E-state index contributed by atoms with van der Waals surface area (Å²) in [5.74, 6) is 0.158. The van der Waals surface area contributed by atoms with Crippen molar-refractivity contribution in [2.24, 2.45) is 0 Å². The van der Waals surface area contributed by atoms with Crippen molar-refractivity contribution in [3.05, 3.63) is 53.9 Å². The molecular weight excluding hydrogens is 353 g/mol. The second-order valence-electron chi connectivity index (χ2n) is 7.52. The lowest BCUT2D eigenvalue weighted by atomic mass is 9.95. The summed E-state index contributed by atoms with van der Waals surface area (Å²) in [4.78, 5) is 12.2. The van der Waals surface area contributed by atoms with Crippen LogP contribution in [-0.2, 0) is 12.7 Å². The third-order valence-electron chi connectivity index (χ3n) is 5.86. The molecule has 3 heterocycles. The Balaban J connectivity index is 1.47. The first-order valence-electron chi connectivity index (χ1n) is 9.34. The van der Waals surface area contributed by atoms with Crippen LogP contribution in [0.3, 0.4) is 0 Å². The topological polar surface area (TPSA) is 32.3 Å². The fourth-order valence-electron chi connectivity index (χ4n) is 4.45. The van der Waals surface area contributed by atoms with E-state index >= 15 is 0 Å². The van der Waals surface area contributed by atoms with E-state index in [9.17, 15) is 13.2 Å². The Bertz CT molecular complexity index is 766. The van der Waals surface area contributed by atoms with Gasteiger partial charge in [-0.25, -0.2) is 9.97 Å². The second kappa shape index (κ2) is 7.11. The summed E-state index contributed by atoms with van der Waals surface area (Å²) in [6.07, 6.45) is 0.896. The van der Waals surface area contributed by atoms with Gasteiger partial charge in [0.25, 0.3) is 0 Å². The molecule has 0 radical (unpaired) electrons. The Labute approximate surface area is 157 Å². The molecule has 2 fully saturated rings. The molecule has 0 N–H and O–H groups in total. The number of aromatic nitrogens is 2. The van der Waals surface area contributed by atoms with Crippen molar-refractivity contribution in [2.75, 3.05) is 11.9 Å². The van der Waals surface area contributed by atoms with Gasteiger partial charge in [0.1, 0.15) is 5.69 Å². The normalized spacial score (nSPS) is 25.6. The fraction of sp³-hybridized carbons (Fsp3) is 0.500. The predicted octanol–water partition coefficient (Wildman–Crippen LogP) is 4.13. The molecule has 2 unspecified atom stereocenters. The maximum atomic E-state index is 13.0. The quantitative estimate of drug-likeness (QED) is 0.803. The standard InChI is InChI=1S/C20H23F3N4/c1-26(19-24-10-9-18(25-19)20(21,22)23)17-11-15-7-8-16(12-17)27(15)13-14-5-3-2-4-6-14/h2-6,9-10,15-17H,7-8,11-13H2,1H3. The van der Waals surface area contributed by atoms with Gasteiger partial charge in [-0.2, -0.15) is 13.2 Å². The van der Waals surface area contributed by atoms with Gasteiger partial charge in [0.15, 0.2) is 0 Å². The van der Waals surface area contributed by atoms with Gasteiger partial charge in [0.05, 0.1) is 0 Å². The van der Waals surface area contributed by atoms with E-state index in [2.05, 4.69) is 39.1 Å². The van der Waals surface area contributed by atoms with Crippen LogP contribution in [-0.4, -0.2) is 40.0 Å². The van der Waals surface area contributed by atoms with E-state index in [4.69, 9.17) is 0 Å². The number of halogens is 3. The first kappa shape index (κ1) is 18.2. The lowest BCUT2D eigenvalue weighted by molar-refractivity contribution is -0.141. The molecule has 2 aliphatic rings. The van der Waals surface area contributed by atoms with Crippen LogP contribution in [0.25, 0.3) is 0 Å². The summed E-state index contributed by atoms with van der Waals surface area (Å²) in [6.45, 7) is 0.937. The molecule has 1 aromatic heterocycles. The van der Waals surface area contributed by atoms with E-state index in [0.717, 1.165) is 38.3 Å². The number of hydrogen-bond donors (Lipinski definition) is 0. The van der Waals surface area contributed by atoms with Crippen LogP contribution in [0.5, 0.6) is 0 Å². The van der Waals surface area contributed by atoms with E-state index in [0.29, 0.717) is 12.1 Å². The lowest BCUT2D eigenvalue weighted by Gasteiger charge is -2.42. The van der Waals surface area contributed by atoms with Gasteiger partial charge in [-0.1, -0.05) is 30.3 Å². The largest absolute Gasteiger partial charge is 0.433 e. The SMILES string of the molecule is CN(c1nccc(C(F)(F)F)n1)C1CC2CCC(C1)N2Cc1ccccc1. The van der Waals surface area contributed by atoms with E-state index < -0.39 is 11.9 Å². The molecule has 2 aliphatic heterocycles. The summed E-state index contributed by atoms with van der Waals surface area (Å²) in [7, 11) is 1.81. The van der Waals surface area contributed by atoms with Crippen LogP contribution >= 0.6 is 0 Å². The summed E-state index contributed by atoms with van der Waals surface area (Å²) >= 11 is 0. The van der Waals surface area contributed by atoms with Crippen molar-refractivity contribution in [3.63, 3.8) is 0 Å². The molecule has 2 saturated heterocycles. The van der Waals surface area contributed by atoms with Crippen LogP contribution in [0.1, 0.15) is 36.9 Å². The number of benzene rings is 1. The van der Waals surface area contributed by atoms with Crippen LogP contribution in [0, 0.1) is 0 Å². The molecular formula is C20H23F3N4. The number of piperidine rings is 1. The summed E-state index contributed by atoms with van der Waals surface area (Å²) < 4.78 is 38.9. The molecule has 0 saturated carbocycles. The third kappa shape index (κ3) is 3.78. The van der Waals surface area contributed by atoms with Crippen LogP contribution < -0.4 is 4.90 Å². The molecule has 4 nitrogen and oxygen atoms in total. The molecule has 2 bridgehead atoms. The monoisotopic (exact) mass is 376 g/mol. The Morgan fingerprint density at radius 2 is 1.74 bits per heavy atom. The van der Waals surface area contributed by atoms with Gasteiger partial charge in [-0.15, -0.1) is 0 Å². The first-order chi connectivity index (χ1) is 12.9. The fourth-order valence-corrected chi connectivity index (χ4v) is 4.45. The second-order valence-corrected chi connectivity index (χ2v) is 7.52. The van der Waals surface area contributed by atoms with Crippen molar-refractivity contribution in [3.8, 4) is 0 Å². The number of alkyl halides is 3. The van der Waals surface area contributed by atoms with Crippen molar-refractivity contribution in [1.82, 2.24) is 14.9 Å². The molecule has 0 amide bonds. The molecule has 27 heavy (non-hydrogen) atoms. The minimum absolute atomic E-state index is 0.158. The Morgan fingerprint density at radius 3 is 2.37 bits per heavy atom. The Hall–Kier alpha value is -2.15. The maximum Gasteiger partial charge on any atom is 0.433 e. The van der Waals surface area contributed by atoms with Crippen molar-refractivity contribution in [2.45, 2.75) is 56.5 Å². The zero-order chi connectivity index (χ0) is 19.0. The lowest BCUT2D eigenvalue weighted by Crippen LogP contribution is -2.49. The number of nitrogens with zero attached hydrogens (tertiary/aromatic N) is 4. The smallest absolute Gasteiger partial charge is 0.341 e.